The van der Waals surface area contributed by atoms with E-state index in [1.165, 1.54) is 0 Å². The van der Waals surface area contributed by atoms with Crippen LogP contribution in [0.25, 0.3) is 0 Å². The topological polar surface area (TPSA) is 75.3 Å². The van der Waals surface area contributed by atoms with Gasteiger partial charge in [0.05, 0.1) is 12.8 Å². The molecule has 0 atom stereocenters. The zero-order valence-electron chi connectivity index (χ0n) is 12.5. The van der Waals surface area contributed by atoms with E-state index in [2.05, 4.69) is 10.6 Å². The fourth-order valence-electron chi connectivity index (χ4n) is 1.96. The maximum Gasteiger partial charge on any atom is 0.231 e. The third-order valence-corrected chi connectivity index (χ3v) is 3.40. The van der Waals surface area contributed by atoms with Gasteiger partial charge in [-0.2, -0.15) is 0 Å². The van der Waals surface area contributed by atoms with Crippen LogP contribution in [0.5, 0.6) is 0 Å². The van der Waals surface area contributed by atoms with Gasteiger partial charge in [0.2, 0.25) is 11.8 Å². The van der Waals surface area contributed by atoms with Gasteiger partial charge in [0.25, 0.3) is 0 Å². The van der Waals surface area contributed by atoms with Gasteiger partial charge in [-0.3, -0.25) is 14.4 Å². The number of hydrogen-bond acceptors (Lipinski definition) is 3. The van der Waals surface area contributed by atoms with Crippen LogP contribution in [0.3, 0.4) is 0 Å². The third-order valence-electron chi connectivity index (χ3n) is 2.93. The van der Waals surface area contributed by atoms with Crippen LogP contribution < -0.4 is 10.6 Å². The van der Waals surface area contributed by atoms with Crippen molar-refractivity contribution in [1.82, 2.24) is 0 Å². The highest BCUT2D eigenvalue weighted by molar-refractivity contribution is 6.31. The Bertz CT molecular complexity index is 714. The van der Waals surface area contributed by atoms with E-state index < -0.39 is 30.4 Å². The summed E-state index contributed by atoms with van der Waals surface area (Å²) in [6.07, 6.45) is -0.787. The summed E-state index contributed by atoms with van der Waals surface area (Å²) in [4.78, 5) is 35.4. The Kier molecular flexibility index (Phi) is 6.35. The monoisotopic (exact) mass is 364 g/mol. The fourth-order valence-corrected chi connectivity index (χ4v) is 2.34. The summed E-state index contributed by atoms with van der Waals surface area (Å²) in [5.41, 5.74) is 0.979. The Morgan fingerprint density at radius 3 is 1.54 bits per heavy atom. The molecule has 0 aliphatic rings. The largest absolute Gasteiger partial charge is 0.326 e. The Morgan fingerprint density at radius 2 is 1.17 bits per heavy atom. The number of nitrogens with one attached hydrogen (secondary N) is 2. The first-order chi connectivity index (χ1) is 11.4. The summed E-state index contributed by atoms with van der Waals surface area (Å²) >= 11 is 11.6. The molecule has 5 nitrogen and oxygen atoms in total. The minimum Gasteiger partial charge on any atom is -0.326 e. The van der Waals surface area contributed by atoms with Crippen molar-refractivity contribution in [3.8, 4) is 0 Å². The number of carbonyl (C=O) groups is 3. The quantitative estimate of drug-likeness (QED) is 0.762. The number of Topliss-reactive ketones (excluding diaryl/α,β-unsaturated/α-hetero) is 1. The molecule has 2 amide bonds. The molecule has 0 aliphatic heterocycles. The lowest BCUT2D eigenvalue weighted by atomic mass is 10.2. The van der Waals surface area contributed by atoms with Crippen molar-refractivity contribution < 1.29 is 14.4 Å². The van der Waals surface area contributed by atoms with Crippen LogP contribution in [0.2, 0.25) is 10.0 Å². The molecule has 124 valence electrons. The molecule has 2 rings (SSSR count). The molecule has 0 radical (unpaired) electrons. The normalized spacial score (nSPS) is 10.1. The van der Waals surface area contributed by atoms with Crippen molar-refractivity contribution in [2.75, 3.05) is 10.6 Å². The first-order valence-electron chi connectivity index (χ1n) is 7.05. The second-order valence-corrected chi connectivity index (χ2v) is 5.88. The van der Waals surface area contributed by atoms with Gasteiger partial charge in [0.15, 0.2) is 5.78 Å². The van der Waals surface area contributed by atoms with Gasteiger partial charge >= 0.3 is 0 Å². The van der Waals surface area contributed by atoms with Crippen LogP contribution in [0.15, 0.2) is 48.5 Å². The van der Waals surface area contributed by atoms with Crippen LogP contribution >= 0.6 is 23.2 Å². The Hall–Kier alpha value is -2.37. The summed E-state index contributed by atoms with van der Waals surface area (Å²) in [5.74, 6) is -1.50. The molecular weight excluding hydrogens is 351 g/mol. The van der Waals surface area contributed by atoms with E-state index in [-0.39, 0.29) is 0 Å². The standard InChI is InChI=1S/C17H14Cl2N2O3/c18-11-3-1-5-13(7-11)20-16(23)9-15(22)10-17(24)21-14-6-2-4-12(19)8-14/h1-8H,9-10H2,(H,20,23)(H,21,24). The second-order valence-electron chi connectivity index (χ2n) is 5.01. The lowest BCUT2D eigenvalue weighted by Crippen LogP contribution is -2.21. The number of halogens is 2. The average Bonchev–Trinajstić information content (AvgIpc) is 2.46. The second kappa shape index (κ2) is 8.47. The highest BCUT2D eigenvalue weighted by atomic mass is 35.5. The van der Waals surface area contributed by atoms with Crippen LogP contribution in [-0.4, -0.2) is 17.6 Å². The zero-order chi connectivity index (χ0) is 17.5. The van der Waals surface area contributed by atoms with Gasteiger partial charge in [-0.05, 0) is 36.4 Å². The van der Waals surface area contributed by atoms with Crippen molar-refractivity contribution in [2.45, 2.75) is 12.8 Å². The van der Waals surface area contributed by atoms with E-state index in [0.717, 1.165) is 0 Å². The molecule has 0 aromatic heterocycles. The lowest BCUT2D eigenvalue weighted by Gasteiger charge is -2.06. The number of rotatable bonds is 6. The maximum atomic E-state index is 11.8. The third kappa shape index (κ3) is 6.02. The number of hydrogen-bond donors (Lipinski definition) is 2. The predicted molar refractivity (Wildman–Crippen MR) is 94.4 cm³/mol. The number of anilines is 2. The average molecular weight is 365 g/mol. The van der Waals surface area contributed by atoms with E-state index in [0.29, 0.717) is 21.4 Å². The van der Waals surface area contributed by atoms with Crippen molar-refractivity contribution in [3.63, 3.8) is 0 Å². The molecule has 7 heteroatoms. The van der Waals surface area contributed by atoms with E-state index >= 15 is 0 Å². The predicted octanol–water partition coefficient (Wildman–Crippen LogP) is 3.92. The molecule has 0 saturated carbocycles. The summed E-state index contributed by atoms with van der Waals surface area (Å²) in [7, 11) is 0. The van der Waals surface area contributed by atoms with Crippen molar-refractivity contribution in [3.05, 3.63) is 58.6 Å². The number of benzene rings is 2. The maximum absolute atomic E-state index is 11.8. The van der Waals surface area contributed by atoms with Gasteiger partial charge < -0.3 is 10.6 Å². The van der Waals surface area contributed by atoms with Crippen molar-refractivity contribution >= 4 is 52.2 Å². The number of carbonyl (C=O) groups excluding carboxylic acids is 3. The van der Waals surface area contributed by atoms with Crippen LogP contribution in [-0.2, 0) is 14.4 Å². The van der Waals surface area contributed by atoms with Gasteiger partial charge in [-0.15, -0.1) is 0 Å². The fraction of sp³-hybridized carbons (Fsp3) is 0.118. The van der Waals surface area contributed by atoms with Gasteiger partial charge in [0, 0.05) is 21.4 Å². The molecule has 0 fully saturated rings. The SMILES string of the molecule is O=C(CC(=O)Nc1cccc(Cl)c1)CC(=O)Nc1cccc(Cl)c1. The van der Waals surface area contributed by atoms with E-state index in [4.69, 9.17) is 23.2 Å². The van der Waals surface area contributed by atoms with Crippen LogP contribution in [0.4, 0.5) is 11.4 Å². The number of amides is 2. The summed E-state index contributed by atoms with van der Waals surface area (Å²) in [6, 6.07) is 13.1. The van der Waals surface area contributed by atoms with Crippen molar-refractivity contribution in [1.29, 1.82) is 0 Å². The first kappa shape index (κ1) is 18.0. The molecule has 24 heavy (non-hydrogen) atoms. The molecule has 0 heterocycles. The summed E-state index contributed by atoms with van der Waals surface area (Å²) in [5, 5.41) is 6.05. The van der Waals surface area contributed by atoms with Crippen LogP contribution in [0.1, 0.15) is 12.8 Å². The minimum absolute atomic E-state index is 0.393. The van der Waals surface area contributed by atoms with Gasteiger partial charge in [-0.25, -0.2) is 0 Å². The molecule has 0 spiro atoms. The molecule has 2 aromatic carbocycles. The van der Waals surface area contributed by atoms with Crippen molar-refractivity contribution in [2.24, 2.45) is 0 Å². The molecule has 0 saturated heterocycles. The molecule has 2 N–H and O–H groups in total. The van der Waals surface area contributed by atoms with Gasteiger partial charge in [0.1, 0.15) is 0 Å². The molecular formula is C17H14Cl2N2O3. The lowest BCUT2D eigenvalue weighted by molar-refractivity contribution is -0.128. The summed E-state index contributed by atoms with van der Waals surface area (Å²) < 4.78 is 0. The Morgan fingerprint density at radius 1 is 0.750 bits per heavy atom. The Labute approximate surface area is 149 Å². The van der Waals surface area contributed by atoms with Gasteiger partial charge in [-0.1, -0.05) is 35.3 Å². The smallest absolute Gasteiger partial charge is 0.231 e. The highest BCUT2D eigenvalue weighted by Crippen LogP contribution is 2.16. The molecule has 0 aliphatic carbocycles. The first-order valence-corrected chi connectivity index (χ1v) is 7.80. The minimum atomic E-state index is -0.502. The van der Waals surface area contributed by atoms with E-state index in [1.54, 1.807) is 48.5 Å². The zero-order valence-corrected chi connectivity index (χ0v) is 14.0. The van der Waals surface area contributed by atoms with Crippen LogP contribution in [0, 0.1) is 0 Å². The molecule has 0 bridgehead atoms. The van der Waals surface area contributed by atoms with E-state index in [9.17, 15) is 14.4 Å². The number of ketones is 1. The Balaban J connectivity index is 1.81. The van der Waals surface area contributed by atoms with E-state index in [1.807, 2.05) is 0 Å². The summed E-state index contributed by atoms with van der Waals surface area (Å²) in [6.45, 7) is 0. The highest BCUT2D eigenvalue weighted by Gasteiger charge is 2.14. The molecule has 2 aromatic rings. The molecule has 0 unspecified atom stereocenters.